The molecule has 90 valence electrons. The fourth-order valence-corrected chi connectivity index (χ4v) is 4.22. The maximum atomic E-state index is 2.44. The van der Waals surface area contributed by atoms with E-state index in [1.165, 1.54) is 28.7 Å². The lowest BCUT2D eigenvalue weighted by atomic mass is 9.72. The lowest BCUT2D eigenvalue weighted by Crippen LogP contribution is -2.25. The van der Waals surface area contributed by atoms with E-state index in [0.29, 0.717) is 0 Å². The first-order valence-electron chi connectivity index (χ1n) is 6.93. The number of allylic oxidation sites excluding steroid dienone is 2. The Morgan fingerprint density at radius 3 is 1.63 bits per heavy atom. The van der Waals surface area contributed by atoms with Crippen LogP contribution in [0, 0.1) is 0 Å². The predicted octanol–water partition coefficient (Wildman–Crippen LogP) is 4.32. The van der Waals surface area contributed by atoms with Crippen LogP contribution in [0.2, 0.25) is 0 Å². The van der Waals surface area contributed by atoms with Crippen molar-refractivity contribution < 1.29 is 0 Å². The molecule has 2 atom stereocenters. The summed E-state index contributed by atoms with van der Waals surface area (Å²) in [5.74, 6) is 0. The van der Waals surface area contributed by atoms with Gasteiger partial charge < -0.3 is 0 Å². The van der Waals surface area contributed by atoms with Gasteiger partial charge in [-0.1, -0.05) is 72.8 Å². The molecule has 0 amide bonds. The molecule has 0 bridgehead atoms. The van der Waals surface area contributed by atoms with Crippen molar-refractivity contribution in [2.75, 3.05) is 0 Å². The highest BCUT2D eigenvalue weighted by molar-refractivity contribution is 5.79. The topological polar surface area (TPSA) is 0 Å². The van der Waals surface area contributed by atoms with E-state index in [1.54, 1.807) is 0 Å². The number of hydrogen-bond acceptors (Lipinski definition) is 0. The van der Waals surface area contributed by atoms with Gasteiger partial charge in [0.15, 0.2) is 0 Å². The molecule has 0 N–H and O–H groups in total. The second-order valence-electron chi connectivity index (χ2n) is 5.96. The summed E-state index contributed by atoms with van der Waals surface area (Å²) >= 11 is 0. The summed E-state index contributed by atoms with van der Waals surface area (Å²) in [5.41, 5.74) is 6.24. The van der Waals surface area contributed by atoms with Crippen LogP contribution in [0.15, 0.2) is 60.7 Å². The zero-order chi connectivity index (χ0) is 12.5. The van der Waals surface area contributed by atoms with E-state index in [-0.39, 0.29) is 10.8 Å². The minimum absolute atomic E-state index is 0.229. The summed E-state index contributed by atoms with van der Waals surface area (Å²) in [4.78, 5) is 0. The van der Waals surface area contributed by atoms with Gasteiger partial charge in [0.2, 0.25) is 0 Å². The van der Waals surface area contributed by atoms with E-state index >= 15 is 0 Å². The van der Waals surface area contributed by atoms with Gasteiger partial charge in [-0.15, -0.1) is 0 Å². The molecule has 0 heteroatoms. The van der Waals surface area contributed by atoms with Crippen molar-refractivity contribution >= 4 is 12.2 Å². The number of fused-ring (bicyclic) bond motifs is 2. The van der Waals surface area contributed by atoms with E-state index in [1.807, 2.05) is 0 Å². The molecule has 0 aliphatic heterocycles. The second-order valence-corrected chi connectivity index (χ2v) is 5.96. The van der Waals surface area contributed by atoms with Gasteiger partial charge >= 0.3 is 0 Å². The first-order chi connectivity index (χ1) is 9.36. The Morgan fingerprint density at radius 2 is 1.11 bits per heavy atom. The van der Waals surface area contributed by atoms with E-state index < -0.39 is 0 Å². The van der Waals surface area contributed by atoms with Crippen LogP contribution < -0.4 is 0 Å². The Kier molecular flexibility index (Phi) is 1.50. The Labute approximate surface area is 113 Å². The third kappa shape index (κ3) is 0.952. The highest BCUT2D eigenvalue weighted by atomic mass is 14.7. The molecule has 2 aromatic carbocycles. The van der Waals surface area contributed by atoms with E-state index in [9.17, 15) is 0 Å². The minimum atomic E-state index is 0.229. The molecule has 3 aliphatic rings. The van der Waals surface area contributed by atoms with Crippen LogP contribution in [0.5, 0.6) is 0 Å². The van der Waals surface area contributed by atoms with Crippen LogP contribution in [0.4, 0.5) is 0 Å². The van der Waals surface area contributed by atoms with Crippen LogP contribution >= 0.6 is 0 Å². The van der Waals surface area contributed by atoms with Crippen LogP contribution in [-0.4, -0.2) is 0 Å². The van der Waals surface area contributed by atoms with Gasteiger partial charge in [-0.3, -0.25) is 0 Å². The molecular formula is C19H14. The third-order valence-corrected chi connectivity index (χ3v) is 5.21. The molecule has 0 aromatic heterocycles. The second kappa shape index (κ2) is 2.91. The van der Waals surface area contributed by atoms with Crippen LogP contribution in [0.1, 0.15) is 28.7 Å². The molecule has 5 rings (SSSR count). The van der Waals surface area contributed by atoms with Crippen LogP contribution in [0.3, 0.4) is 0 Å². The molecule has 2 unspecified atom stereocenters. The summed E-state index contributed by atoms with van der Waals surface area (Å²) in [7, 11) is 0. The number of benzene rings is 2. The Bertz CT molecular complexity index is 700. The largest absolute Gasteiger partial charge is 0.0721 e. The Balaban J connectivity index is 1.84. The predicted molar refractivity (Wildman–Crippen MR) is 78.9 cm³/mol. The lowest BCUT2D eigenvalue weighted by Gasteiger charge is -2.31. The molecular weight excluding hydrogens is 228 g/mol. The summed E-state index contributed by atoms with van der Waals surface area (Å²) < 4.78 is 0. The van der Waals surface area contributed by atoms with Gasteiger partial charge in [-0.2, -0.15) is 0 Å². The average molecular weight is 242 g/mol. The fraction of sp³-hybridized carbons (Fsp3) is 0.158. The van der Waals surface area contributed by atoms with Crippen molar-refractivity contribution in [2.24, 2.45) is 0 Å². The first-order valence-corrected chi connectivity index (χ1v) is 6.93. The van der Waals surface area contributed by atoms with Crippen LogP contribution in [0.25, 0.3) is 12.2 Å². The van der Waals surface area contributed by atoms with Crippen molar-refractivity contribution in [1.82, 2.24) is 0 Å². The smallest absolute Gasteiger partial charge is 0.0285 e. The van der Waals surface area contributed by atoms with E-state index in [0.717, 1.165) is 0 Å². The molecule has 0 heterocycles. The van der Waals surface area contributed by atoms with E-state index in [4.69, 9.17) is 0 Å². The zero-order valence-electron chi connectivity index (χ0n) is 10.6. The van der Waals surface area contributed by atoms with Gasteiger partial charge in [0.05, 0.1) is 0 Å². The normalized spacial score (nSPS) is 32.0. The molecule has 0 nitrogen and oxygen atoms in total. The standard InChI is InChI=1S/C19H14/c1-3-7-16-14(5-1)9-11-19-13-18(16,19)12-10-15-6-2-4-8-17(15)19/h1-12H,13H2. The number of rotatable bonds is 0. The monoisotopic (exact) mass is 242 g/mol. The van der Waals surface area contributed by atoms with Crippen molar-refractivity contribution in [3.63, 3.8) is 0 Å². The highest BCUT2D eigenvalue weighted by Gasteiger charge is 2.68. The first kappa shape index (κ1) is 9.80. The van der Waals surface area contributed by atoms with Gasteiger partial charge in [-0.25, -0.2) is 0 Å². The van der Waals surface area contributed by atoms with Crippen LogP contribution in [-0.2, 0) is 10.8 Å². The summed E-state index contributed by atoms with van der Waals surface area (Å²) in [6, 6.07) is 17.7. The fourth-order valence-electron chi connectivity index (χ4n) is 4.22. The third-order valence-electron chi connectivity index (χ3n) is 5.21. The zero-order valence-corrected chi connectivity index (χ0v) is 10.6. The van der Waals surface area contributed by atoms with Crippen molar-refractivity contribution in [3.05, 3.63) is 82.9 Å². The summed E-state index contributed by atoms with van der Waals surface area (Å²) in [5, 5.41) is 0. The van der Waals surface area contributed by atoms with Crippen molar-refractivity contribution in [3.8, 4) is 0 Å². The molecule has 1 fully saturated rings. The highest BCUT2D eigenvalue weighted by Crippen LogP contribution is 2.71. The Morgan fingerprint density at radius 1 is 0.632 bits per heavy atom. The molecule has 0 spiro atoms. The van der Waals surface area contributed by atoms with Crippen molar-refractivity contribution in [1.29, 1.82) is 0 Å². The quantitative estimate of drug-likeness (QED) is 0.645. The molecule has 0 radical (unpaired) electrons. The molecule has 3 aliphatic carbocycles. The molecule has 2 aromatic rings. The molecule has 1 saturated carbocycles. The van der Waals surface area contributed by atoms with E-state index in [2.05, 4.69) is 72.8 Å². The molecule has 19 heavy (non-hydrogen) atoms. The lowest BCUT2D eigenvalue weighted by molar-refractivity contribution is 0.718. The SMILES string of the molecule is C1=CC23CC2(C=Cc2ccccc23)c2ccccc21. The summed E-state index contributed by atoms with van der Waals surface area (Å²) in [6.45, 7) is 0. The van der Waals surface area contributed by atoms with Gasteiger partial charge in [-0.05, 0) is 28.7 Å². The maximum absolute atomic E-state index is 2.44. The Hall–Kier alpha value is -2.08. The maximum Gasteiger partial charge on any atom is 0.0285 e. The van der Waals surface area contributed by atoms with Gasteiger partial charge in [0.25, 0.3) is 0 Å². The molecule has 0 saturated heterocycles. The summed E-state index contributed by atoms with van der Waals surface area (Å²) in [6.07, 6.45) is 10.7. The average Bonchev–Trinajstić information content (AvgIpc) is 3.19. The number of hydrogen-bond donors (Lipinski definition) is 0. The van der Waals surface area contributed by atoms with Gasteiger partial charge in [0.1, 0.15) is 0 Å². The minimum Gasteiger partial charge on any atom is -0.0721 e. The van der Waals surface area contributed by atoms with Crippen molar-refractivity contribution in [2.45, 2.75) is 17.3 Å². The van der Waals surface area contributed by atoms with Gasteiger partial charge in [0, 0.05) is 10.8 Å².